The molecule has 2 aromatic carbocycles. The highest BCUT2D eigenvalue weighted by atomic mass is 16.5. The van der Waals surface area contributed by atoms with Gasteiger partial charge >= 0.3 is 0 Å². The smallest absolute Gasteiger partial charge is 0.120 e. The predicted octanol–water partition coefficient (Wildman–Crippen LogP) is 6.82. The van der Waals surface area contributed by atoms with E-state index >= 15 is 0 Å². The van der Waals surface area contributed by atoms with Gasteiger partial charge in [-0.3, -0.25) is 0 Å². The lowest BCUT2D eigenvalue weighted by Gasteiger charge is -2.28. The average molecular weight is 386 g/mol. The zero-order chi connectivity index (χ0) is 20.5. The molecule has 0 aromatic heterocycles. The first kappa shape index (κ1) is 21.0. The van der Waals surface area contributed by atoms with Gasteiger partial charge in [-0.2, -0.15) is 5.26 Å². The SMILES string of the molecule is CCCOc1ccc(C#Cc2ccc(C3CCC(CCC)CC3)cc2)c(C#N)c1. The van der Waals surface area contributed by atoms with Gasteiger partial charge in [-0.25, -0.2) is 0 Å². The van der Waals surface area contributed by atoms with Crippen molar-refractivity contribution in [2.45, 2.75) is 64.7 Å². The molecular weight excluding hydrogens is 354 g/mol. The molecule has 150 valence electrons. The Balaban J connectivity index is 1.65. The second kappa shape index (κ2) is 10.7. The maximum absolute atomic E-state index is 9.43. The van der Waals surface area contributed by atoms with Crippen molar-refractivity contribution in [2.75, 3.05) is 6.61 Å². The first-order valence-corrected chi connectivity index (χ1v) is 11.0. The fourth-order valence-electron chi connectivity index (χ4n) is 4.21. The average Bonchev–Trinajstić information content (AvgIpc) is 2.77. The Morgan fingerprint density at radius 1 is 0.897 bits per heavy atom. The van der Waals surface area contributed by atoms with E-state index in [-0.39, 0.29) is 0 Å². The van der Waals surface area contributed by atoms with Crippen LogP contribution >= 0.6 is 0 Å². The summed E-state index contributed by atoms with van der Waals surface area (Å²) in [6.45, 7) is 5.01. The second-order valence-corrected chi connectivity index (χ2v) is 8.05. The largest absolute Gasteiger partial charge is 0.494 e. The summed E-state index contributed by atoms with van der Waals surface area (Å²) in [5, 5.41) is 9.43. The highest BCUT2D eigenvalue weighted by Crippen LogP contribution is 2.37. The molecule has 0 heterocycles. The third kappa shape index (κ3) is 5.88. The number of ether oxygens (including phenoxy) is 1. The molecule has 0 saturated heterocycles. The summed E-state index contributed by atoms with van der Waals surface area (Å²) in [5.41, 5.74) is 3.74. The van der Waals surface area contributed by atoms with Crippen molar-refractivity contribution in [3.8, 4) is 23.7 Å². The summed E-state index contributed by atoms with van der Waals surface area (Å²) >= 11 is 0. The molecule has 0 unspecified atom stereocenters. The number of benzene rings is 2. The maximum Gasteiger partial charge on any atom is 0.120 e. The number of nitriles is 1. The molecule has 0 atom stereocenters. The van der Waals surface area contributed by atoms with E-state index in [1.807, 2.05) is 12.1 Å². The molecule has 1 saturated carbocycles. The van der Waals surface area contributed by atoms with Gasteiger partial charge in [0.25, 0.3) is 0 Å². The van der Waals surface area contributed by atoms with Crippen molar-refractivity contribution in [1.82, 2.24) is 0 Å². The fourth-order valence-corrected chi connectivity index (χ4v) is 4.21. The topological polar surface area (TPSA) is 33.0 Å². The third-order valence-corrected chi connectivity index (χ3v) is 5.85. The lowest BCUT2D eigenvalue weighted by molar-refractivity contribution is 0.308. The van der Waals surface area contributed by atoms with Gasteiger partial charge in [0.1, 0.15) is 11.8 Å². The first-order valence-electron chi connectivity index (χ1n) is 11.0. The minimum atomic E-state index is 0.562. The van der Waals surface area contributed by atoms with Crippen molar-refractivity contribution >= 4 is 0 Å². The van der Waals surface area contributed by atoms with Crippen molar-refractivity contribution in [2.24, 2.45) is 5.92 Å². The Morgan fingerprint density at radius 2 is 1.66 bits per heavy atom. The van der Waals surface area contributed by atoms with Gasteiger partial charge in [-0.05, 0) is 79.8 Å². The molecule has 2 heteroatoms. The zero-order valence-corrected chi connectivity index (χ0v) is 17.7. The van der Waals surface area contributed by atoms with Crippen LogP contribution < -0.4 is 4.74 Å². The Labute approximate surface area is 175 Å². The molecule has 0 aliphatic heterocycles. The van der Waals surface area contributed by atoms with Gasteiger partial charge in [0.15, 0.2) is 0 Å². The number of hydrogen-bond donors (Lipinski definition) is 0. The maximum atomic E-state index is 9.43. The van der Waals surface area contributed by atoms with Gasteiger partial charge in [0, 0.05) is 11.1 Å². The van der Waals surface area contributed by atoms with E-state index < -0.39 is 0 Å². The van der Waals surface area contributed by atoms with E-state index in [1.54, 1.807) is 6.07 Å². The van der Waals surface area contributed by atoms with Crippen molar-refractivity contribution < 1.29 is 4.74 Å². The van der Waals surface area contributed by atoms with Crippen LogP contribution in [-0.2, 0) is 0 Å². The van der Waals surface area contributed by atoms with Crippen LogP contribution in [0.3, 0.4) is 0 Å². The van der Waals surface area contributed by atoms with E-state index in [1.165, 1.54) is 44.1 Å². The monoisotopic (exact) mass is 385 g/mol. The zero-order valence-electron chi connectivity index (χ0n) is 17.7. The van der Waals surface area contributed by atoms with Crippen molar-refractivity contribution in [1.29, 1.82) is 5.26 Å². The first-order chi connectivity index (χ1) is 14.2. The standard InChI is InChI=1S/C27H31NO/c1-3-5-21-6-11-23(12-7-21)24-13-8-22(9-14-24)10-15-25-16-17-27(29-18-4-2)19-26(25)20-28/h8-9,13-14,16-17,19,21,23H,3-7,11-12,18H2,1-2H3. The molecule has 29 heavy (non-hydrogen) atoms. The van der Waals surface area contributed by atoms with E-state index in [9.17, 15) is 5.26 Å². The Kier molecular flexibility index (Phi) is 7.77. The molecule has 0 spiro atoms. The van der Waals surface area contributed by atoms with E-state index in [0.29, 0.717) is 18.1 Å². The van der Waals surface area contributed by atoms with Gasteiger partial charge in [-0.15, -0.1) is 0 Å². The molecular formula is C27H31NO. The van der Waals surface area contributed by atoms with Crippen LogP contribution in [0, 0.1) is 29.1 Å². The van der Waals surface area contributed by atoms with Crippen molar-refractivity contribution in [3.63, 3.8) is 0 Å². The van der Waals surface area contributed by atoms with E-state index in [0.717, 1.165) is 29.2 Å². The van der Waals surface area contributed by atoms with Crippen LogP contribution in [0.4, 0.5) is 0 Å². The summed E-state index contributed by atoms with van der Waals surface area (Å²) in [4.78, 5) is 0. The molecule has 1 aliphatic rings. The molecule has 1 fully saturated rings. The van der Waals surface area contributed by atoms with Crippen LogP contribution in [0.15, 0.2) is 42.5 Å². The van der Waals surface area contributed by atoms with Crippen LogP contribution in [0.5, 0.6) is 5.75 Å². The normalized spacial score (nSPS) is 18.4. The van der Waals surface area contributed by atoms with Gasteiger partial charge in [-0.1, -0.05) is 50.7 Å². The van der Waals surface area contributed by atoms with Crippen LogP contribution in [0.25, 0.3) is 0 Å². The molecule has 0 amide bonds. The highest BCUT2D eigenvalue weighted by molar-refractivity contribution is 5.53. The number of nitrogens with zero attached hydrogens (tertiary/aromatic N) is 1. The number of hydrogen-bond acceptors (Lipinski definition) is 2. The molecule has 1 aliphatic carbocycles. The van der Waals surface area contributed by atoms with Gasteiger partial charge in [0.2, 0.25) is 0 Å². The Morgan fingerprint density at radius 3 is 2.31 bits per heavy atom. The van der Waals surface area contributed by atoms with Crippen LogP contribution in [0.1, 0.15) is 87.0 Å². The van der Waals surface area contributed by atoms with Gasteiger partial charge in [0.05, 0.1) is 12.2 Å². The summed E-state index contributed by atoms with van der Waals surface area (Å²) < 4.78 is 5.61. The number of rotatable bonds is 6. The Bertz CT molecular complexity index is 887. The minimum absolute atomic E-state index is 0.562. The third-order valence-electron chi connectivity index (χ3n) is 5.85. The van der Waals surface area contributed by atoms with Crippen LogP contribution in [0.2, 0.25) is 0 Å². The highest BCUT2D eigenvalue weighted by Gasteiger charge is 2.21. The lowest BCUT2D eigenvalue weighted by atomic mass is 9.77. The minimum Gasteiger partial charge on any atom is -0.494 e. The summed E-state index contributed by atoms with van der Waals surface area (Å²) in [6, 6.07) is 16.5. The summed E-state index contributed by atoms with van der Waals surface area (Å²) in [5.74, 6) is 8.73. The summed E-state index contributed by atoms with van der Waals surface area (Å²) in [6.07, 6.45) is 9.01. The van der Waals surface area contributed by atoms with E-state index in [4.69, 9.17) is 4.74 Å². The quantitative estimate of drug-likeness (QED) is 0.511. The van der Waals surface area contributed by atoms with Gasteiger partial charge < -0.3 is 4.74 Å². The molecule has 2 nitrogen and oxygen atoms in total. The molecule has 0 bridgehead atoms. The van der Waals surface area contributed by atoms with Crippen LogP contribution in [-0.4, -0.2) is 6.61 Å². The molecule has 3 rings (SSSR count). The van der Waals surface area contributed by atoms with E-state index in [2.05, 4.69) is 56.0 Å². The molecule has 2 aromatic rings. The lowest BCUT2D eigenvalue weighted by Crippen LogP contribution is -2.13. The molecule has 0 N–H and O–H groups in total. The Hall–Kier alpha value is -2.71. The predicted molar refractivity (Wildman–Crippen MR) is 119 cm³/mol. The second-order valence-electron chi connectivity index (χ2n) is 8.05. The molecule has 0 radical (unpaired) electrons. The summed E-state index contributed by atoms with van der Waals surface area (Å²) in [7, 11) is 0. The van der Waals surface area contributed by atoms with Crippen molar-refractivity contribution in [3.05, 3.63) is 64.7 Å². The fraction of sp³-hybridized carbons (Fsp3) is 0.444.